The van der Waals surface area contributed by atoms with E-state index in [1.54, 1.807) is 16.9 Å². The van der Waals surface area contributed by atoms with Crippen LogP contribution >= 0.6 is 0 Å². The Kier molecular flexibility index (Phi) is 4.36. The van der Waals surface area contributed by atoms with Crippen LogP contribution in [0.4, 0.5) is 0 Å². The Hall–Kier alpha value is -2.73. The average molecular weight is 375 g/mol. The zero-order chi connectivity index (χ0) is 19.1. The third-order valence-electron chi connectivity index (χ3n) is 6.15. The monoisotopic (exact) mass is 375 g/mol. The van der Waals surface area contributed by atoms with E-state index in [-0.39, 0.29) is 5.91 Å². The summed E-state index contributed by atoms with van der Waals surface area (Å²) in [7, 11) is 0. The maximum Gasteiger partial charge on any atom is 0.259 e. The third kappa shape index (κ3) is 3.07. The van der Waals surface area contributed by atoms with Crippen LogP contribution in [0.2, 0.25) is 0 Å². The second-order valence-electron chi connectivity index (χ2n) is 7.95. The fourth-order valence-corrected chi connectivity index (χ4v) is 4.57. The summed E-state index contributed by atoms with van der Waals surface area (Å²) >= 11 is 0. The Morgan fingerprint density at radius 2 is 1.86 bits per heavy atom. The molecule has 1 aliphatic heterocycles. The Morgan fingerprint density at radius 3 is 2.68 bits per heavy atom. The lowest BCUT2D eigenvalue weighted by Crippen LogP contribution is -2.53. The van der Waals surface area contributed by atoms with Gasteiger partial charge in [0.1, 0.15) is 5.56 Å². The molecule has 0 unspecified atom stereocenters. The van der Waals surface area contributed by atoms with Gasteiger partial charge in [-0.15, -0.1) is 0 Å². The number of nitrogens with zero attached hydrogens (tertiary/aromatic N) is 5. The Bertz CT molecular complexity index is 1020. The fraction of sp³-hybridized carbons (Fsp3) is 0.409. The van der Waals surface area contributed by atoms with Crippen LogP contribution in [0.1, 0.15) is 33.5 Å². The number of carbonyl (C=O) groups is 1. The fourth-order valence-electron chi connectivity index (χ4n) is 4.57. The highest BCUT2D eigenvalue weighted by molar-refractivity contribution is 5.99. The van der Waals surface area contributed by atoms with Gasteiger partial charge in [0, 0.05) is 44.6 Å². The minimum absolute atomic E-state index is 0.0417. The smallest absolute Gasteiger partial charge is 0.259 e. The molecule has 6 nitrogen and oxygen atoms in total. The molecule has 1 amide bonds. The van der Waals surface area contributed by atoms with Gasteiger partial charge in [0.2, 0.25) is 0 Å². The summed E-state index contributed by atoms with van der Waals surface area (Å²) in [6.07, 6.45) is 8.83. The van der Waals surface area contributed by atoms with E-state index in [0.717, 1.165) is 44.6 Å². The van der Waals surface area contributed by atoms with E-state index in [0.29, 0.717) is 17.3 Å². The number of benzene rings is 1. The average Bonchev–Trinajstić information content (AvgIpc) is 3.16. The van der Waals surface area contributed by atoms with Gasteiger partial charge in [0.25, 0.3) is 5.91 Å². The molecule has 0 bridgehead atoms. The summed E-state index contributed by atoms with van der Waals surface area (Å²) in [4.78, 5) is 21.9. The molecule has 1 saturated heterocycles. The standard InChI is InChI=1S/C22H25N5O/c1-16-13-23-21-20(14-24-27(21)15-16)22(28)26-10-8-25(9-11-26)19-7-6-17-4-2-3-5-18(17)12-19/h2-5,13-15,19H,6-12H2,1H3/t19-/m1/s1. The third-order valence-corrected chi connectivity index (χ3v) is 6.15. The van der Waals surface area contributed by atoms with Gasteiger partial charge in [0.15, 0.2) is 5.65 Å². The van der Waals surface area contributed by atoms with E-state index < -0.39 is 0 Å². The maximum atomic E-state index is 13.0. The quantitative estimate of drug-likeness (QED) is 0.690. The van der Waals surface area contributed by atoms with Gasteiger partial charge in [-0.05, 0) is 42.9 Å². The molecule has 1 aliphatic carbocycles. The molecule has 0 radical (unpaired) electrons. The summed E-state index contributed by atoms with van der Waals surface area (Å²) < 4.78 is 1.69. The van der Waals surface area contributed by atoms with Gasteiger partial charge in [-0.25, -0.2) is 9.50 Å². The Labute approximate surface area is 164 Å². The molecule has 1 atom stereocenters. The molecule has 144 valence electrons. The van der Waals surface area contributed by atoms with Gasteiger partial charge < -0.3 is 4.90 Å². The Balaban J connectivity index is 1.25. The molecule has 3 heterocycles. The minimum Gasteiger partial charge on any atom is -0.336 e. The van der Waals surface area contributed by atoms with Crippen LogP contribution in [-0.4, -0.2) is 62.5 Å². The van der Waals surface area contributed by atoms with Gasteiger partial charge >= 0.3 is 0 Å². The van der Waals surface area contributed by atoms with Crippen LogP contribution in [0.25, 0.3) is 5.65 Å². The highest BCUT2D eigenvalue weighted by Gasteiger charge is 2.30. The Morgan fingerprint density at radius 1 is 1.07 bits per heavy atom. The highest BCUT2D eigenvalue weighted by Crippen LogP contribution is 2.25. The number of fused-ring (bicyclic) bond motifs is 2. The van der Waals surface area contributed by atoms with Crippen molar-refractivity contribution in [3.8, 4) is 0 Å². The summed E-state index contributed by atoms with van der Waals surface area (Å²) in [5.41, 5.74) is 5.26. The summed E-state index contributed by atoms with van der Waals surface area (Å²) in [6, 6.07) is 9.40. The van der Waals surface area contributed by atoms with Crippen molar-refractivity contribution in [1.82, 2.24) is 24.4 Å². The molecule has 5 rings (SSSR count). The largest absolute Gasteiger partial charge is 0.336 e. The van der Waals surface area contributed by atoms with E-state index in [1.807, 2.05) is 18.0 Å². The normalized spacial score (nSPS) is 20.3. The number of amides is 1. The van der Waals surface area contributed by atoms with Gasteiger partial charge in [-0.2, -0.15) is 5.10 Å². The number of aromatic nitrogens is 3. The number of aryl methyl sites for hydroxylation is 2. The molecular weight excluding hydrogens is 350 g/mol. The number of hydrogen-bond donors (Lipinski definition) is 0. The van der Waals surface area contributed by atoms with Crippen LogP contribution in [0.15, 0.2) is 42.9 Å². The van der Waals surface area contributed by atoms with Crippen molar-refractivity contribution in [3.05, 3.63) is 65.1 Å². The molecule has 2 aromatic heterocycles. The van der Waals surface area contributed by atoms with Crippen LogP contribution in [0, 0.1) is 6.92 Å². The van der Waals surface area contributed by atoms with Crippen molar-refractivity contribution in [1.29, 1.82) is 0 Å². The zero-order valence-electron chi connectivity index (χ0n) is 16.2. The van der Waals surface area contributed by atoms with Crippen LogP contribution in [-0.2, 0) is 12.8 Å². The van der Waals surface area contributed by atoms with E-state index >= 15 is 0 Å². The van der Waals surface area contributed by atoms with Crippen molar-refractivity contribution in [2.24, 2.45) is 0 Å². The molecule has 6 heteroatoms. The predicted molar refractivity (Wildman–Crippen MR) is 107 cm³/mol. The van der Waals surface area contributed by atoms with E-state index in [1.165, 1.54) is 17.5 Å². The van der Waals surface area contributed by atoms with Crippen molar-refractivity contribution in [2.45, 2.75) is 32.2 Å². The van der Waals surface area contributed by atoms with Crippen molar-refractivity contribution < 1.29 is 4.79 Å². The van der Waals surface area contributed by atoms with Crippen molar-refractivity contribution in [2.75, 3.05) is 26.2 Å². The molecular formula is C22H25N5O. The first kappa shape index (κ1) is 17.4. The van der Waals surface area contributed by atoms with Gasteiger partial charge in [0.05, 0.1) is 6.20 Å². The number of carbonyl (C=O) groups excluding carboxylic acids is 1. The van der Waals surface area contributed by atoms with Crippen molar-refractivity contribution >= 4 is 11.6 Å². The summed E-state index contributed by atoms with van der Waals surface area (Å²) in [5.74, 6) is 0.0417. The molecule has 1 aromatic carbocycles. The molecule has 3 aromatic rings. The minimum atomic E-state index is 0.0417. The first-order chi connectivity index (χ1) is 13.7. The molecule has 0 N–H and O–H groups in total. The number of rotatable bonds is 2. The lowest BCUT2D eigenvalue weighted by Gasteiger charge is -2.41. The number of hydrogen-bond acceptors (Lipinski definition) is 4. The first-order valence-electron chi connectivity index (χ1n) is 10.1. The van der Waals surface area contributed by atoms with Crippen molar-refractivity contribution in [3.63, 3.8) is 0 Å². The van der Waals surface area contributed by atoms with Crippen LogP contribution in [0.3, 0.4) is 0 Å². The maximum absolute atomic E-state index is 13.0. The van der Waals surface area contributed by atoms with E-state index in [2.05, 4.69) is 39.2 Å². The molecule has 0 saturated carbocycles. The lowest BCUT2D eigenvalue weighted by atomic mass is 9.87. The second kappa shape index (κ2) is 7.02. The predicted octanol–water partition coefficient (Wildman–Crippen LogP) is 2.35. The summed E-state index contributed by atoms with van der Waals surface area (Å²) in [5, 5.41) is 4.30. The highest BCUT2D eigenvalue weighted by atomic mass is 16.2. The van der Waals surface area contributed by atoms with E-state index in [9.17, 15) is 4.79 Å². The number of piperazine rings is 1. The zero-order valence-corrected chi connectivity index (χ0v) is 16.2. The first-order valence-corrected chi connectivity index (χ1v) is 10.1. The lowest BCUT2D eigenvalue weighted by molar-refractivity contribution is 0.0554. The van der Waals surface area contributed by atoms with E-state index in [4.69, 9.17) is 0 Å². The second-order valence-corrected chi connectivity index (χ2v) is 7.95. The topological polar surface area (TPSA) is 53.7 Å². The van der Waals surface area contributed by atoms with Crippen LogP contribution in [0.5, 0.6) is 0 Å². The molecule has 0 spiro atoms. The molecule has 28 heavy (non-hydrogen) atoms. The SMILES string of the molecule is Cc1cnc2c(C(=O)N3CCN([C@@H]4CCc5ccccc5C4)CC3)cnn2c1. The van der Waals surface area contributed by atoms with Crippen LogP contribution < -0.4 is 0 Å². The van der Waals surface area contributed by atoms with Gasteiger partial charge in [-0.1, -0.05) is 24.3 Å². The molecule has 2 aliphatic rings. The molecule has 1 fully saturated rings. The summed E-state index contributed by atoms with van der Waals surface area (Å²) in [6.45, 7) is 5.37. The van der Waals surface area contributed by atoms with Gasteiger partial charge in [-0.3, -0.25) is 9.69 Å².